The quantitative estimate of drug-likeness (QED) is 0.835. The summed E-state index contributed by atoms with van der Waals surface area (Å²) in [5, 5.41) is 10.6. The number of benzene rings is 1. The molecule has 4 rings (SSSR count). The number of aromatic nitrogens is 1. The van der Waals surface area contributed by atoms with Crippen LogP contribution in [0.4, 0.5) is 13.2 Å². The van der Waals surface area contributed by atoms with Gasteiger partial charge in [0.2, 0.25) is 0 Å². The van der Waals surface area contributed by atoms with Crippen LogP contribution in [0.25, 0.3) is 10.2 Å². The summed E-state index contributed by atoms with van der Waals surface area (Å²) < 4.78 is 52.5. The number of thiazole rings is 1. The van der Waals surface area contributed by atoms with E-state index >= 15 is 0 Å². The Morgan fingerprint density at radius 2 is 2.00 bits per heavy atom. The first-order valence-electron chi connectivity index (χ1n) is 7.47. The Balaban J connectivity index is 1.90. The molecule has 0 bridgehead atoms. The lowest BCUT2D eigenvalue weighted by Gasteiger charge is -2.46. The number of halogens is 4. The molecule has 2 aliphatic rings. The molecule has 1 N–H and O–H groups in total. The van der Waals surface area contributed by atoms with Crippen LogP contribution in [0.2, 0.25) is 4.47 Å². The van der Waals surface area contributed by atoms with Gasteiger partial charge in [-0.2, -0.15) is 13.2 Å². The summed E-state index contributed by atoms with van der Waals surface area (Å²) in [4.78, 5) is 4.12. The molecule has 2 aromatic rings. The second-order valence-electron chi connectivity index (χ2n) is 6.04. The molecule has 1 atom stereocenters. The van der Waals surface area contributed by atoms with Crippen LogP contribution in [-0.4, -0.2) is 29.5 Å². The van der Waals surface area contributed by atoms with Crippen LogP contribution in [0.5, 0.6) is 11.5 Å². The number of rotatable bonds is 2. The van der Waals surface area contributed by atoms with Crippen LogP contribution < -0.4 is 9.47 Å². The van der Waals surface area contributed by atoms with Crippen LogP contribution in [0.15, 0.2) is 6.07 Å². The molecular formula is C15H13ClF3NO3S. The van der Waals surface area contributed by atoms with E-state index in [1.807, 2.05) is 0 Å². The van der Waals surface area contributed by atoms with Gasteiger partial charge in [-0.25, -0.2) is 4.98 Å². The minimum absolute atomic E-state index is 0.0921. The summed E-state index contributed by atoms with van der Waals surface area (Å²) in [5.41, 5.74) is -1.80. The topological polar surface area (TPSA) is 51.6 Å². The van der Waals surface area contributed by atoms with Crippen LogP contribution in [0, 0.1) is 5.41 Å². The van der Waals surface area contributed by atoms with Crippen LogP contribution in [-0.2, 0) is 0 Å². The van der Waals surface area contributed by atoms with E-state index in [0.29, 0.717) is 35.8 Å². The fourth-order valence-electron chi connectivity index (χ4n) is 3.35. The molecule has 1 unspecified atom stereocenters. The Kier molecular flexibility index (Phi) is 3.63. The molecule has 4 nitrogen and oxygen atoms in total. The number of fused-ring (bicyclic) bond motifs is 3. The maximum absolute atomic E-state index is 13.6. The zero-order valence-corrected chi connectivity index (χ0v) is 13.9. The summed E-state index contributed by atoms with van der Waals surface area (Å²) in [6.45, 7) is 0.636. The smallest absolute Gasteiger partial charge is 0.397 e. The number of aliphatic hydroxyl groups excluding tert-OH is 1. The van der Waals surface area contributed by atoms with Gasteiger partial charge in [-0.1, -0.05) is 29.4 Å². The van der Waals surface area contributed by atoms with Gasteiger partial charge in [0, 0.05) is 5.56 Å². The zero-order chi connectivity index (χ0) is 17.1. The average Bonchev–Trinajstić information content (AvgIpc) is 2.85. The lowest BCUT2D eigenvalue weighted by atomic mass is 9.63. The first-order valence-corrected chi connectivity index (χ1v) is 8.66. The van der Waals surface area contributed by atoms with Gasteiger partial charge in [0.05, 0.1) is 17.0 Å². The molecule has 1 aliphatic carbocycles. The lowest BCUT2D eigenvalue weighted by Crippen LogP contribution is -2.48. The van der Waals surface area contributed by atoms with Crippen molar-refractivity contribution >= 4 is 33.2 Å². The maximum Gasteiger partial charge on any atom is 0.397 e. The van der Waals surface area contributed by atoms with Crippen LogP contribution in [0.3, 0.4) is 0 Å². The molecule has 0 saturated heterocycles. The largest absolute Gasteiger partial charge is 0.486 e. The number of nitrogens with zero attached hydrogens (tertiary/aromatic N) is 1. The monoisotopic (exact) mass is 379 g/mol. The molecule has 0 amide bonds. The molecule has 1 fully saturated rings. The van der Waals surface area contributed by atoms with Gasteiger partial charge in [0.25, 0.3) is 0 Å². The minimum atomic E-state index is -4.50. The third-order valence-electron chi connectivity index (χ3n) is 4.81. The van der Waals surface area contributed by atoms with Gasteiger partial charge in [-0.15, -0.1) is 0 Å². The standard InChI is InChI=1S/C15H13ClF3NO3S/c16-13-20-9-7(12(21)14(2-1-3-14)15(17,18)19)6-8-10(11(9)24-13)23-5-4-22-8/h6,12,21H,1-5H2. The van der Waals surface area contributed by atoms with Gasteiger partial charge < -0.3 is 14.6 Å². The van der Waals surface area contributed by atoms with E-state index in [1.54, 1.807) is 0 Å². The highest BCUT2D eigenvalue weighted by Gasteiger charge is 2.63. The SMILES string of the molecule is OC(c1cc2c(c3sc(Cl)nc13)OCCO2)C1(C(F)(F)F)CCC1. The molecule has 0 radical (unpaired) electrons. The van der Waals surface area contributed by atoms with Crippen molar-refractivity contribution in [3.8, 4) is 11.5 Å². The first-order chi connectivity index (χ1) is 11.3. The van der Waals surface area contributed by atoms with Crippen molar-refractivity contribution in [1.82, 2.24) is 4.98 Å². The lowest BCUT2D eigenvalue weighted by molar-refractivity contribution is -0.284. The van der Waals surface area contributed by atoms with E-state index in [4.69, 9.17) is 21.1 Å². The zero-order valence-electron chi connectivity index (χ0n) is 12.3. The normalized spacial score (nSPS) is 20.7. The van der Waals surface area contributed by atoms with Crippen LogP contribution in [0.1, 0.15) is 30.9 Å². The number of aliphatic hydroxyl groups is 1. The molecular weight excluding hydrogens is 367 g/mol. The van der Waals surface area contributed by atoms with Gasteiger partial charge in [0.15, 0.2) is 16.0 Å². The van der Waals surface area contributed by atoms with E-state index in [-0.39, 0.29) is 28.4 Å². The van der Waals surface area contributed by atoms with E-state index in [2.05, 4.69) is 4.98 Å². The van der Waals surface area contributed by atoms with Crippen molar-refractivity contribution in [2.24, 2.45) is 5.41 Å². The molecule has 130 valence electrons. The number of ether oxygens (including phenoxy) is 2. The molecule has 1 saturated carbocycles. The number of alkyl halides is 3. The molecule has 1 aromatic carbocycles. The highest BCUT2D eigenvalue weighted by atomic mass is 35.5. The Labute approximate surface area is 144 Å². The predicted molar refractivity (Wildman–Crippen MR) is 82.9 cm³/mol. The average molecular weight is 380 g/mol. The number of hydrogen-bond donors (Lipinski definition) is 1. The van der Waals surface area contributed by atoms with Gasteiger partial charge in [0.1, 0.15) is 17.9 Å². The fraction of sp³-hybridized carbons (Fsp3) is 0.533. The first kappa shape index (κ1) is 16.2. The van der Waals surface area contributed by atoms with Crippen molar-refractivity contribution in [3.05, 3.63) is 16.1 Å². The molecule has 2 heterocycles. The highest BCUT2D eigenvalue weighted by molar-refractivity contribution is 7.22. The van der Waals surface area contributed by atoms with E-state index in [1.165, 1.54) is 6.07 Å². The fourth-order valence-corrected chi connectivity index (χ4v) is 4.48. The third-order valence-corrected chi connectivity index (χ3v) is 5.97. The summed E-state index contributed by atoms with van der Waals surface area (Å²) >= 11 is 7.06. The second kappa shape index (κ2) is 5.37. The Morgan fingerprint density at radius 3 is 2.62 bits per heavy atom. The number of hydrogen-bond acceptors (Lipinski definition) is 5. The Hall–Kier alpha value is -1.25. The van der Waals surface area contributed by atoms with E-state index in [9.17, 15) is 18.3 Å². The summed E-state index contributed by atoms with van der Waals surface area (Å²) in [6, 6.07) is 1.41. The maximum atomic E-state index is 13.6. The molecule has 24 heavy (non-hydrogen) atoms. The molecule has 0 spiro atoms. The Bertz CT molecular complexity index is 803. The van der Waals surface area contributed by atoms with Crippen molar-refractivity contribution < 1.29 is 27.8 Å². The predicted octanol–water partition coefficient (Wildman–Crippen LogP) is 4.49. The van der Waals surface area contributed by atoms with Crippen molar-refractivity contribution in [3.63, 3.8) is 0 Å². The minimum Gasteiger partial charge on any atom is -0.486 e. The van der Waals surface area contributed by atoms with Crippen molar-refractivity contribution in [1.29, 1.82) is 0 Å². The summed E-state index contributed by atoms with van der Waals surface area (Å²) in [6.07, 6.45) is -5.99. The summed E-state index contributed by atoms with van der Waals surface area (Å²) in [7, 11) is 0. The van der Waals surface area contributed by atoms with Gasteiger partial charge >= 0.3 is 6.18 Å². The highest BCUT2D eigenvalue weighted by Crippen LogP contribution is 2.61. The molecule has 9 heteroatoms. The van der Waals surface area contributed by atoms with Crippen LogP contribution >= 0.6 is 22.9 Å². The van der Waals surface area contributed by atoms with Crippen molar-refractivity contribution in [2.45, 2.75) is 31.5 Å². The molecule has 1 aliphatic heterocycles. The van der Waals surface area contributed by atoms with E-state index < -0.39 is 17.7 Å². The second-order valence-corrected chi connectivity index (χ2v) is 7.63. The Morgan fingerprint density at radius 1 is 1.29 bits per heavy atom. The molecule has 1 aromatic heterocycles. The van der Waals surface area contributed by atoms with Gasteiger partial charge in [-0.3, -0.25) is 0 Å². The third kappa shape index (κ3) is 2.19. The van der Waals surface area contributed by atoms with Gasteiger partial charge in [-0.05, 0) is 18.9 Å². The van der Waals surface area contributed by atoms with E-state index in [0.717, 1.165) is 11.3 Å². The van der Waals surface area contributed by atoms with Crippen molar-refractivity contribution in [2.75, 3.05) is 13.2 Å². The summed E-state index contributed by atoms with van der Waals surface area (Å²) in [5.74, 6) is 0.742.